The van der Waals surface area contributed by atoms with Crippen molar-refractivity contribution in [3.63, 3.8) is 0 Å². The molecule has 0 saturated carbocycles. The molecule has 0 saturated heterocycles. The predicted octanol–water partition coefficient (Wildman–Crippen LogP) is 1.79. The minimum absolute atomic E-state index is 0.103. The highest BCUT2D eigenvalue weighted by Gasteiger charge is 2.22. The molecule has 11 heteroatoms. The van der Waals surface area contributed by atoms with E-state index in [-0.39, 0.29) is 29.6 Å². The van der Waals surface area contributed by atoms with Gasteiger partial charge in [-0.3, -0.25) is 23.7 Å². The van der Waals surface area contributed by atoms with Crippen LogP contribution in [0.3, 0.4) is 0 Å². The van der Waals surface area contributed by atoms with Crippen molar-refractivity contribution in [1.29, 1.82) is 0 Å². The van der Waals surface area contributed by atoms with Crippen molar-refractivity contribution < 1.29 is 9.21 Å². The third-order valence-corrected chi connectivity index (χ3v) is 5.14. The molecule has 0 spiro atoms. The fourth-order valence-corrected chi connectivity index (χ4v) is 3.70. The van der Waals surface area contributed by atoms with Gasteiger partial charge < -0.3 is 10.2 Å². The van der Waals surface area contributed by atoms with Crippen molar-refractivity contribution in [2.75, 3.05) is 11.5 Å². The molecule has 10 nitrogen and oxygen atoms in total. The van der Waals surface area contributed by atoms with Gasteiger partial charge in [-0.05, 0) is 18.1 Å². The maximum Gasteiger partial charge on any atom is 0.329 e. The van der Waals surface area contributed by atoms with Crippen molar-refractivity contribution in [3.8, 4) is 11.6 Å². The normalized spacial score (nSPS) is 11.2. The monoisotopic (exact) mass is 430 g/mol. The van der Waals surface area contributed by atoms with Crippen molar-refractivity contribution in [1.82, 2.24) is 24.3 Å². The maximum absolute atomic E-state index is 12.8. The number of anilines is 1. The molecule has 0 atom stereocenters. The van der Waals surface area contributed by atoms with Crippen LogP contribution in [0.4, 0.5) is 5.82 Å². The van der Waals surface area contributed by atoms with E-state index in [9.17, 15) is 14.4 Å². The first kappa shape index (κ1) is 21.4. The Morgan fingerprint density at radius 3 is 2.77 bits per heavy atom. The van der Waals surface area contributed by atoms with Crippen molar-refractivity contribution in [3.05, 3.63) is 57.5 Å². The summed E-state index contributed by atoms with van der Waals surface area (Å²) in [6, 6.07) is 3.49. The minimum atomic E-state index is -0.799. The lowest BCUT2D eigenvalue weighted by Crippen LogP contribution is -2.37. The van der Waals surface area contributed by atoms with E-state index >= 15 is 0 Å². The summed E-state index contributed by atoms with van der Waals surface area (Å²) in [5.41, 5.74) is 4.34. The van der Waals surface area contributed by atoms with E-state index in [1.165, 1.54) is 10.8 Å². The number of ketones is 1. The number of carbonyl (C=O) groups is 1. The topological polar surface area (TPSA) is 142 Å². The Hall–Kier alpha value is -3.34. The molecule has 3 heterocycles. The molecule has 0 unspecified atom stereocenters. The Bertz CT molecular complexity index is 1170. The average molecular weight is 430 g/mol. The quantitative estimate of drug-likeness (QED) is 0.297. The standard InChI is InChI=1S/C19H22N6O4S/c1-4-7-24-16(13-6-5-8-29-13)22-23-19(24)30-10-12(26)14-15(20)25(9-11(2)3)18(28)21-17(14)27/h4-6,8,11H,1,7,9-10,20H2,2-3H3,(H,21,27,28). The van der Waals surface area contributed by atoms with Gasteiger partial charge in [0.25, 0.3) is 5.56 Å². The Balaban J connectivity index is 1.87. The van der Waals surface area contributed by atoms with E-state index in [0.29, 0.717) is 23.3 Å². The summed E-state index contributed by atoms with van der Waals surface area (Å²) in [4.78, 5) is 39.2. The predicted molar refractivity (Wildman–Crippen MR) is 114 cm³/mol. The lowest BCUT2D eigenvalue weighted by molar-refractivity contribution is 0.102. The Morgan fingerprint density at radius 1 is 1.37 bits per heavy atom. The first-order chi connectivity index (χ1) is 14.3. The van der Waals surface area contributed by atoms with Crippen molar-refractivity contribution in [2.24, 2.45) is 5.92 Å². The first-order valence-electron chi connectivity index (χ1n) is 9.20. The van der Waals surface area contributed by atoms with Gasteiger partial charge in [-0.15, -0.1) is 16.8 Å². The van der Waals surface area contributed by atoms with Gasteiger partial charge in [0, 0.05) is 13.1 Å². The van der Waals surface area contributed by atoms with Gasteiger partial charge in [-0.1, -0.05) is 31.7 Å². The lowest BCUT2D eigenvalue weighted by Gasteiger charge is -2.13. The van der Waals surface area contributed by atoms with Gasteiger partial charge in [0.05, 0.1) is 12.0 Å². The number of hydrogen-bond acceptors (Lipinski definition) is 8. The van der Waals surface area contributed by atoms with Crippen LogP contribution in [0.5, 0.6) is 0 Å². The summed E-state index contributed by atoms with van der Waals surface area (Å²) in [7, 11) is 0. The summed E-state index contributed by atoms with van der Waals surface area (Å²) in [5.74, 6) is 0.379. The molecule has 0 aliphatic carbocycles. The van der Waals surface area contributed by atoms with Crippen LogP contribution in [0.25, 0.3) is 11.6 Å². The number of nitrogens with zero attached hydrogens (tertiary/aromatic N) is 4. The number of nitrogens with two attached hydrogens (primary N) is 1. The summed E-state index contributed by atoms with van der Waals surface area (Å²) in [5, 5.41) is 8.70. The number of rotatable bonds is 9. The number of hydrogen-bond donors (Lipinski definition) is 2. The second-order valence-electron chi connectivity index (χ2n) is 6.92. The number of furan rings is 1. The molecule has 3 rings (SSSR count). The number of aromatic nitrogens is 5. The molecule has 3 N–H and O–H groups in total. The SMILES string of the molecule is C=CCn1c(SCC(=O)c2c(N)n(CC(C)C)c(=O)[nH]c2=O)nnc1-c1ccco1. The smallest absolute Gasteiger partial charge is 0.329 e. The van der Waals surface area contributed by atoms with Gasteiger partial charge in [0.2, 0.25) is 5.82 Å². The number of carbonyl (C=O) groups excluding carboxylic acids is 1. The maximum atomic E-state index is 12.8. The number of allylic oxidation sites excluding steroid dienone is 1. The molecular weight excluding hydrogens is 408 g/mol. The zero-order chi connectivity index (χ0) is 21.8. The fourth-order valence-electron chi connectivity index (χ4n) is 2.88. The third-order valence-electron chi connectivity index (χ3n) is 4.17. The van der Waals surface area contributed by atoms with E-state index in [0.717, 1.165) is 11.8 Å². The highest BCUT2D eigenvalue weighted by atomic mass is 32.2. The van der Waals surface area contributed by atoms with Gasteiger partial charge in [-0.2, -0.15) is 0 Å². The zero-order valence-corrected chi connectivity index (χ0v) is 17.4. The Labute approximate surface area is 175 Å². The largest absolute Gasteiger partial charge is 0.461 e. The first-order valence-corrected chi connectivity index (χ1v) is 10.2. The number of thioether (sulfide) groups is 1. The van der Waals surface area contributed by atoms with Crippen LogP contribution in [0.1, 0.15) is 24.2 Å². The van der Waals surface area contributed by atoms with Crippen LogP contribution in [0.2, 0.25) is 0 Å². The van der Waals surface area contributed by atoms with Crippen LogP contribution in [0.15, 0.2) is 50.2 Å². The molecular formula is C19H22N6O4S. The summed E-state index contributed by atoms with van der Waals surface area (Å²) in [6.45, 7) is 8.22. The van der Waals surface area contributed by atoms with Crippen LogP contribution in [0, 0.1) is 5.92 Å². The highest BCUT2D eigenvalue weighted by Crippen LogP contribution is 2.25. The molecule has 0 aliphatic rings. The Kier molecular flexibility index (Phi) is 6.40. The van der Waals surface area contributed by atoms with Crippen LogP contribution in [-0.2, 0) is 13.1 Å². The third kappa shape index (κ3) is 4.30. The molecule has 30 heavy (non-hydrogen) atoms. The summed E-state index contributed by atoms with van der Waals surface area (Å²) < 4.78 is 8.33. The molecule has 0 amide bonds. The lowest BCUT2D eigenvalue weighted by atomic mass is 10.2. The molecule has 158 valence electrons. The van der Waals surface area contributed by atoms with Crippen LogP contribution in [-0.4, -0.2) is 35.9 Å². The second kappa shape index (κ2) is 8.99. The van der Waals surface area contributed by atoms with E-state index in [1.807, 2.05) is 13.8 Å². The molecule has 0 fully saturated rings. The molecule has 3 aromatic rings. The zero-order valence-electron chi connectivity index (χ0n) is 16.6. The van der Waals surface area contributed by atoms with Gasteiger partial charge >= 0.3 is 5.69 Å². The number of aromatic amines is 1. The molecule has 0 radical (unpaired) electrons. The van der Waals surface area contributed by atoms with Gasteiger partial charge in [0.15, 0.2) is 16.7 Å². The van der Waals surface area contributed by atoms with Crippen LogP contribution < -0.4 is 17.0 Å². The van der Waals surface area contributed by atoms with Crippen molar-refractivity contribution >= 4 is 23.4 Å². The minimum Gasteiger partial charge on any atom is -0.461 e. The van der Waals surface area contributed by atoms with E-state index in [2.05, 4.69) is 21.8 Å². The number of nitrogens with one attached hydrogen (secondary N) is 1. The Morgan fingerprint density at radius 2 is 2.13 bits per heavy atom. The number of H-pyrrole nitrogens is 1. The second-order valence-corrected chi connectivity index (χ2v) is 7.86. The van der Waals surface area contributed by atoms with Crippen molar-refractivity contribution in [2.45, 2.75) is 32.1 Å². The van der Waals surface area contributed by atoms with Gasteiger partial charge in [-0.25, -0.2) is 4.79 Å². The molecule has 0 aromatic carbocycles. The number of Topliss-reactive ketones (excluding diaryl/α,β-unsaturated/α-hetero) is 1. The van der Waals surface area contributed by atoms with Gasteiger partial charge in [0.1, 0.15) is 11.4 Å². The fraction of sp³-hybridized carbons (Fsp3) is 0.316. The number of nitrogen functional groups attached to an aromatic ring is 1. The molecule has 0 aliphatic heterocycles. The summed E-state index contributed by atoms with van der Waals surface area (Å²) in [6.07, 6.45) is 3.20. The summed E-state index contributed by atoms with van der Waals surface area (Å²) >= 11 is 1.10. The van der Waals surface area contributed by atoms with Crippen LogP contribution >= 0.6 is 11.8 Å². The van der Waals surface area contributed by atoms with E-state index in [4.69, 9.17) is 10.2 Å². The molecule has 3 aromatic heterocycles. The molecule has 0 bridgehead atoms. The van der Waals surface area contributed by atoms with E-state index in [1.54, 1.807) is 22.8 Å². The van der Waals surface area contributed by atoms with E-state index < -0.39 is 17.0 Å². The highest BCUT2D eigenvalue weighted by molar-refractivity contribution is 7.99. The average Bonchev–Trinajstić information content (AvgIpc) is 3.33.